The maximum absolute atomic E-state index is 13.7. The largest absolute Gasteiger partial charge is 0.490 e. The van der Waals surface area contributed by atoms with Gasteiger partial charge in [-0.25, -0.2) is 0 Å². The number of benzene rings is 2. The van der Waals surface area contributed by atoms with Crippen molar-refractivity contribution in [2.45, 2.75) is 97.7 Å². The van der Waals surface area contributed by atoms with Crippen LogP contribution in [0.5, 0.6) is 11.5 Å². The van der Waals surface area contributed by atoms with Crippen molar-refractivity contribution in [3.05, 3.63) is 59.2 Å². The van der Waals surface area contributed by atoms with E-state index in [0.717, 1.165) is 42.4 Å². The van der Waals surface area contributed by atoms with Gasteiger partial charge in [0.1, 0.15) is 6.04 Å². The molecule has 2 aromatic carbocycles. The lowest BCUT2D eigenvalue weighted by atomic mass is 9.95. The van der Waals surface area contributed by atoms with E-state index in [1.165, 1.54) is 6.42 Å². The van der Waals surface area contributed by atoms with Crippen molar-refractivity contribution in [1.82, 2.24) is 10.2 Å². The maximum atomic E-state index is 13.7. The molecule has 2 amide bonds. The standard InChI is InChI=1S/C31H44N2O4/c1-5-27(31(35)32-26-14-9-8-10-15-26)33(22-25-13-11-12-23(4)20-25)30(34)19-17-24-16-18-28(36-6-2)29(21-24)37-7-3/h11-13,16,18,20-21,26-27H,5-10,14-15,17,19,22H2,1-4H3,(H,32,35). The van der Waals surface area contributed by atoms with Crippen molar-refractivity contribution in [3.63, 3.8) is 0 Å². The molecule has 37 heavy (non-hydrogen) atoms. The van der Waals surface area contributed by atoms with Gasteiger partial charge in [-0.2, -0.15) is 0 Å². The zero-order valence-corrected chi connectivity index (χ0v) is 23.1. The van der Waals surface area contributed by atoms with Gasteiger partial charge in [-0.05, 0) is 69.7 Å². The summed E-state index contributed by atoms with van der Waals surface area (Å²) in [5.74, 6) is 1.37. The van der Waals surface area contributed by atoms with Crippen LogP contribution in [-0.2, 0) is 22.6 Å². The quantitative estimate of drug-likeness (QED) is 0.361. The highest BCUT2D eigenvalue weighted by molar-refractivity contribution is 5.88. The normalized spacial score (nSPS) is 14.6. The number of carbonyl (C=O) groups is 2. The molecule has 0 heterocycles. The Kier molecular flexibility index (Phi) is 11.3. The number of rotatable bonds is 13. The summed E-state index contributed by atoms with van der Waals surface area (Å²) >= 11 is 0. The molecule has 0 radical (unpaired) electrons. The molecule has 1 atom stereocenters. The summed E-state index contributed by atoms with van der Waals surface area (Å²) in [6.07, 6.45) is 7.04. The van der Waals surface area contributed by atoms with Gasteiger partial charge in [0.15, 0.2) is 11.5 Å². The minimum absolute atomic E-state index is 0.0148. The summed E-state index contributed by atoms with van der Waals surface area (Å²) in [5, 5.41) is 3.25. The van der Waals surface area contributed by atoms with Crippen molar-refractivity contribution < 1.29 is 19.1 Å². The number of hydrogen-bond acceptors (Lipinski definition) is 4. The van der Waals surface area contributed by atoms with Gasteiger partial charge >= 0.3 is 0 Å². The lowest BCUT2D eigenvalue weighted by molar-refractivity contribution is -0.141. The Balaban J connectivity index is 1.76. The first-order chi connectivity index (χ1) is 17.9. The third-order valence-corrected chi connectivity index (χ3v) is 7.01. The highest BCUT2D eigenvalue weighted by atomic mass is 16.5. The minimum atomic E-state index is -0.491. The van der Waals surface area contributed by atoms with E-state index in [9.17, 15) is 9.59 Å². The second-order valence-electron chi connectivity index (χ2n) is 9.93. The average Bonchev–Trinajstić information content (AvgIpc) is 2.89. The lowest BCUT2D eigenvalue weighted by Crippen LogP contribution is -2.51. The molecule has 1 aliphatic carbocycles. The molecular weight excluding hydrogens is 464 g/mol. The van der Waals surface area contributed by atoms with E-state index in [1.54, 1.807) is 4.90 Å². The third-order valence-electron chi connectivity index (χ3n) is 7.01. The number of carbonyl (C=O) groups excluding carboxylic acids is 2. The number of nitrogens with one attached hydrogen (secondary N) is 1. The summed E-state index contributed by atoms with van der Waals surface area (Å²) in [7, 11) is 0. The molecule has 0 aliphatic heterocycles. The molecular formula is C31H44N2O4. The van der Waals surface area contributed by atoms with E-state index >= 15 is 0 Å². The van der Waals surface area contributed by atoms with Crippen LogP contribution in [0.25, 0.3) is 0 Å². The number of aryl methyl sites for hydroxylation is 2. The molecule has 1 N–H and O–H groups in total. The first-order valence-corrected chi connectivity index (χ1v) is 14.0. The van der Waals surface area contributed by atoms with Gasteiger partial charge in [0.2, 0.25) is 11.8 Å². The summed E-state index contributed by atoms with van der Waals surface area (Å²) in [6, 6.07) is 13.7. The SMILES string of the molecule is CCOc1ccc(CCC(=O)N(Cc2cccc(C)c2)C(CC)C(=O)NC2CCCCC2)cc1OCC. The first kappa shape index (κ1) is 28.5. The molecule has 6 heteroatoms. The fourth-order valence-electron chi connectivity index (χ4n) is 5.12. The molecule has 0 bridgehead atoms. The zero-order chi connectivity index (χ0) is 26.6. The number of ether oxygens (including phenoxy) is 2. The van der Waals surface area contributed by atoms with Crippen LogP contribution in [-0.4, -0.2) is 42.0 Å². The number of hydrogen-bond donors (Lipinski definition) is 1. The predicted octanol–water partition coefficient (Wildman–Crippen LogP) is 5.98. The lowest BCUT2D eigenvalue weighted by Gasteiger charge is -2.33. The molecule has 2 aromatic rings. The van der Waals surface area contributed by atoms with Crippen LogP contribution >= 0.6 is 0 Å². The van der Waals surface area contributed by atoms with Gasteiger partial charge in [0.25, 0.3) is 0 Å². The van der Waals surface area contributed by atoms with Crippen molar-refractivity contribution in [2.24, 2.45) is 0 Å². The van der Waals surface area contributed by atoms with Gasteiger partial charge in [-0.3, -0.25) is 9.59 Å². The summed E-state index contributed by atoms with van der Waals surface area (Å²) in [4.78, 5) is 28.9. The van der Waals surface area contributed by atoms with Crippen molar-refractivity contribution in [3.8, 4) is 11.5 Å². The van der Waals surface area contributed by atoms with E-state index in [4.69, 9.17) is 9.47 Å². The topological polar surface area (TPSA) is 67.9 Å². The van der Waals surface area contributed by atoms with Gasteiger partial charge in [0, 0.05) is 19.0 Å². The Bertz CT molecular complexity index is 1020. The molecule has 1 saturated carbocycles. The van der Waals surface area contributed by atoms with Crippen LogP contribution in [0.3, 0.4) is 0 Å². The number of nitrogens with zero attached hydrogens (tertiary/aromatic N) is 1. The highest BCUT2D eigenvalue weighted by Gasteiger charge is 2.30. The van der Waals surface area contributed by atoms with E-state index in [1.807, 2.05) is 64.1 Å². The third kappa shape index (κ3) is 8.51. The Morgan fingerprint density at radius 3 is 2.35 bits per heavy atom. The first-order valence-electron chi connectivity index (χ1n) is 14.0. The molecule has 0 aromatic heterocycles. The van der Waals surface area contributed by atoms with Crippen LogP contribution in [0.4, 0.5) is 0 Å². The smallest absolute Gasteiger partial charge is 0.243 e. The van der Waals surface area contributed by atoms with Gasteiger partial charge in [-0.15, -0.1) is 0 Å². The Labute approximate surface area is 222 Å². The van der Waals surface area contributed by atoms with Crippen molar-refractivity contribution in [2.75, 3.05) is 13.2 Å². The molecule has 1 aliphatic rings. The minimum Gasteiger partial charge on any atom is -0.490 e. The molecule has 1 fully saturated rings. The Morgan fingerprint density at radius 1 is 0.946 bits per heavy atom. The zero-order valence-electron chi connectivity index (χ0n) is 23.1. The van der Waals surface area contributed by atoms with Crippen molar-refractivity contribution >= 4 is 11.8 Å². The molecule has 0 spiro atoms. The van der Waals surface area contributed by atoms with Crippen LogP contribution in [0.2, 0.25) is 0 Å². The summed E-state index contributed by atoms with van der Waals surface area (Å²) in [6.45, 7) is 9.45. The molecule has 6 nitrogen and oxygen atoms in total. The second kappa shape index (κ2) is 14.7. The van der Waals surface area contributed by atoms with E-state index in [2.05, 4.69) is 11.4 Å². The maximum Gasteiger partial charge on any atom is 0.243 e. The van der Waals surface area contributed by atoms with Gasteiger partial charge in [-0.1, -0.05) is 62.1 Å². The van der Waals surface area contributed by atoms with Crippen LogP contribution < -0.4 is 14.8 Å². The monoisotopic (exact) mass is 508 g/mol. The van der Waals surface area contributed by atoms with Crippen LogP contribution in [0, 0.1) is 6.92 Å². The van der Waals surface area contributed by atoms with Crippen LogP contribution in [0.1, 0.15) is 82.4 Å². The van der Waals surface area contributed by atoms with Crippen molar-refractivity contribution in [1.29, 1.82) is 0 Å². The molecule has 3 rings (SSSR count). The fourth-order valence-corrected chi connectivity index (χ4v) is 5.12. The van der Waals surface area contributed by atoms with Gasteiger partial charge in [0.05, 0.1) is 13.2 Å². The molecule has 1 unspecified atom stereocenters. The molecule has 0 saturated heterocycles. The average molecular weight is 509 g/mol. The van der Waals surface area contributed by atoms with E-state index in [0.29, 0.717) is 50.5 Å². The predicted molar refractivity (Wildman–Crippen MR) is 148 cm³/mol. The van der Waals surface area contributed by atoms with E-state index in [-0.39, 0.29) is 17.9 Å². The second-order valence-corrected chi connectivity index (χ2v) is 9.93. The Hall–Kier alpha value is -3.02. The fraction of sp³-hybridized carbons (Fsp3) is 0.548. The highest BCUT2D eigenvalue weighted by Crippen LogP contribution is 2.29. The summed E-state index contributed by atoms with van der Waals surface area (Å²) in [5.41, 5.74) is 3.19. The summed E-state index contributed by atoms with van der Waals surface area (Å²) < 4.78 is 11.4. The Morgan fingerprint density at radius 2 is 1.68 bits per heavy atom. The van der Waals surface area contributed by atoms with E-state index < -0.39 is 6.04 Å². The van der Waals surface area contributed by atoms with Crippen LogP contribution in [0.15, 0.2) is 42.5 Å². The van der Waals surface area contributed by atoms with Gasteiger partial charge < -0.3 is 19.7 Å². The molecule has 202 valence electrons. The number of amides is 2.